The summed E-state index contributed by atoms with van der Waals surface area (Å²) in [4.78, 5) is 21.1. The molecule has 0 bridgehead atoms. The Bertz CT molecular complexity index is 1240. The molecule has 0 aliphatic rings. The molecule has 3 aromatic heterocycles. The Morgan fingerprint density at radius 3 is 2.79 bits per heavy atom. The van der Waals surface area contributed by atoms with Gasteiger partial charge >= 0.3 is 0 Å². The van der Waals surface area contributed by atoms with Crippen LogP contribution in [-0.2, 0) is 0 Å². The predicted molar refractivity (Wildman–Crippen MR) is 109 cm³/mol. The monoisotopic (exact) mass is 366 g/mol. The van der Waals surface area contributed by atoms with E-state index in [1.807, 2.05) is 60.8 Å². The fourth-order valence-corrected chi connectivity index (χ4v) is 2.85. The maximum Gasteiger partial charge on any atom is 0.256 e. The van der Waals surface area contributed by atoms with Gasteiger partial charge in [0.15, 0.2) is 0 Å². The molecule has 0 atom stereocenters. The Hall–Kier alpha value is -3.91. The fraction of sp³-hybridized carbons (Fsp3) is 0.0870. The van der Waals surface area contributed by atoms with Crippen LogP contribution in [0.2, 0.25) is 0 Å². The van der Waals surface area contributed by atoms with Crippen LogP contribution in [0.1, 0.15) is 32.7 Å². The van der Waals surface area contributed by atoms with E-state index in [0.717, 1.165) is 28.0 Å². The number of aromatic nitrogens is 3. The number of imidazole rings is 1. The second-order valence-corrected chi connectivity index (χ2v) is 6.52. The molecule has 0 aliphatic carbocycles. The SMILES string of the molecule is Cc1ccnc(NC(=O)c2ccc(C)c(C#Cc3cnc4ccccn34)c2)c1. The van der Waals surface area contributed by atoms with E-state index in [2.05, 4.69) is 27.1 Å². The van der Waals surface area contributed by atoms with Gasteiger partial charge in [-0.25, -0.2) is 9.97 Å². The number of hydrogen-bond acceptors (Lipinski definition) is 3. The average molecular weight is 366 g/mol. The zero-order chi connectivity index (χ0) is 19.5. The van der Waals surface area contributed by atoms with Crippen LogP contribution in [0.3, 0.4) is 0 Å². The summed E-state index contributed by atoms with van der Waals surface area (Å²) in [6.45, 7) is 3.93. The van der Waals surface area contributed by atoms with E-state index in [4.69, 9.17) is 0 Å². The highest BCUT2D eigenvalue weighted by Gasteiger charge is 2.09. The number of aryl methyl sites for hydroxylation is 2. The average Bonchev–Trinajstić information content (AvgIpc) is 3.10. The minimum Gasteiger partial charge on any atom is -0.307 e. The van der Waals surface area contributed by atoms with Crippen LogP contribution in [-0.4, -0.2) is 20.3 Å². The normalized spacial score (nSPS) is 10.4. The molecule has 28 heavy (non-hydrogen) atoms. The summed E-state index contributed by atoms with van der Waals surface area (Å²) in [6.07, 6.45) is 5.35. The first-order valence-corrected chi connectivity index (χ1v) is 8.89. The Balaban J connectivity index is 1.62. The van der Waals surface area contributed by atoms with Crippen molar-refractivity contribution in [3.05, 3.63) is 95.1 Å². The van der Waals surface area contributed by atoms with E-state index in [1.54, 1.807) is 24.5 Å². The minimum absolute atomic E-state index is 0.212. The Morgan fingerprint density at radius 2 is 1.93 bits per heavy atom. The van der Waals surface area contributed by atoms with Crippen molar-refractivity contribution in [3.63, 3.8) is 0 Å². The number of nitrogens with zero attached hydrogens (tertiary/aromatic N) is 3. The van der Waals surface area contributed by atoms with Crippen molar-refractivity contribution in [2.24, 2.45) is 0 Å². The maximum atomic E-state index is 12.6. The van der Waals surface area contributed by atoms with E-state index < -0.39 is 0 Å². The van der Waals surface area contributed by atoms with Crippen molar-refractivity contribution in [2.75, 3.05) is 5.32 Å². The summed E-state index contributed by atoms with van der Waals surface area (Å²) in [5.74, 6) is 6.64. The molecule has 136 valence electrons. The molecular weight excluding hydrogens is 348 g/mol. The zero-order valence-electron chi connectivity index (χ0n) is 15.6. The Kier molecular flexibility index (Phi) is 4.61. The Labute approximate surface area is 163 Å². The van der Waals surface area contributed by atoms with Gasteiger partial charge in [-0.2, -0.15) is 0 Å². The molecule has 0 radical (unpaired) electrons. The molecule has 0 spiro atoms. The number of benzene rings is 1. The van der Waals surface area contributed by atoms with Crippen LogP contribution in [0.15, 0.2) is 67.1 Å². The number of carbonyl (C=O) groups is 1. The topological polar surface area (TPSA) is 59.3 Å². The van der Waals surface area contributed by atoms with Gasteiger partial charge < -0.3 is 5.32 Å². The van der Waals surface area contributed by atoms with E-state index in [9.17, 15) is 4.79 Å². The van der Waals surface area contributed by atoms with Crippen LogP contribution in [0.4, 0.5) is 5.82 Å². The van der Waals surface area contributed by atoms with Crippen LogP contribution in [0.25, 0.3) is 5.65 Å². The first-order valence-electron chi connectivity index (χ1n) is 8.89. The summed E-state index contributed by atoms with van der Waals surface area (Å²) >= 11 is 0. The van der Waals surface area contributed by atoms with Crippen LogP contribution in [0, 0.1) is 25.7 Å². The molecule has 3 heterocycles. The minimum atomic E-state index is -0.212. The molecule has 0 fully saturated rings. The van der Waals surface area contributed by atoms with E-state index in [-0.39, 0.29) is 5.91 Å². The first kappa shape index (κ1) is 17.5. The number of hydrogen-bond donors (Lipinski definition) is 1. The molecule has 0 saturated carbocycles. The lowest BCUT2D eigenvalue weighted by Gasteiger charge is -2.06. The molecule has 4 rings (SSSR count). The largest absolute Gasteiger partial charge is 0.307 e. The summed E-state index contributed by atoms with van der Waals surface area (Å²) in [7, 11) is 0. The number of nitrogens with one attached hydrogen (secondary N) is 1. The predicted octanol–water partition coefficient (Wildman–Crippen LogP) is 4.00. The van der Waals surface area contributed by atoms with E-state index >= 15 is 0 Å². The lowest BCUT2D eigenvalue weighted by Crippen LogP contribution is -2.13. The molecule has 5 nitrogen and oxygen atoms in total. The fourth-order valence-electron chi connectivity index (χ4n) is 2.85. The van der Waals surface area contributed by atoms with Crippen molar-refractivity contribution in [2.45, 2.75) is 13.8 Å². The molecule has 5 heteroatoms. The molecule has 1 N–H and O–H groups in total. The zero-order valence-corrected chi connectivity index (χ0v) is 15.6. The number of pyridine rings is 2. The molecule has 4 aromatic rings. The van der Waals surface area contributed by atoms with Crippen molar-refractivity contribution in [1.82, 2.24) is 14.4 Å². The highest BCUT2D eigenvalue weighted by molar-refractivity contribution is 6.04. The van der Waals surface area contributed by atoms with E-state index in [0.29, 0.717) is 11.4 Å². The summed E-state index contributed by atoms with van der Waals surface area (Å²) in [5, 5.41) is 2.83. The molecule has 0 aliphatic heterocycles. The second-order valence-electron chi connectivity index (χ2n) is 6.52. The van der Waals surface area contributed by atoms with Gasteiger partial charge in [-0.15, -0.1) is 0 Å². The van der Waals surface area contributed by atoms with Gasteiger partial charge in [-0.3, -0.25) is 9.20 Å². The number of anilines is 1. The maximum absolute atomic E-state index is 12.6. The Morgan fingerprint density at radius 1 is 1.04 bits per heavy atom. The quantitative estimate of drug-likeness (QED) is 0.546. The highest BCUT2D eigenvalue weighted by Crippen LogP contribution is 2.13. The first-order chi connectivity index (χ1) is 13.6. The summed E-state index contributed by atoms with van der Waals surface area (Å²) < 4.78 is 1.93. The number of rotatable bonds is 2. The number of fused-ring (bicyclic) bond motifs is 1. The van der Waals surface area contributed by atoms with Gasteiger partial charge in [0.2, 0.25) is 0 Å². The standard InChI is InChI=1S/C23H18N4O/c1-16-10-11-24-21(13-16)26-23(28)19-7-6-17(2)18(14-19)8-9-20-15-25-22-5-3-4-12-27(20)22/h3-7,10-15H,1-2H3,(H,24,26,28). The molecule has 1 aromatic carbocycles. The highest BCUT2D eigenvalue weighted by atomic mass is 16.1. The van der Waals surface area contributed by atoms with Crippen molar-refractivity contribution in [1.29, 1.82) is 0 Å². The van der Waals surface area contributed by atoms with E-state index in [1.165, 1.54) is 0 Å². The molecule has 0 unspecified atom stereocenters. The molecular formula is C23H18N4O. The summed E-state index contributed by atoms with van der Waals surface area (Å²) in [5.41, 5.74) is 5.03. The van der Waals surface area contributed by atoms with Gasteiger partial charge in [-0.05, 0) is 67.3 Å². The number of amides is 1. The van der Waals surface area contributed by atoms with Gasteiger partial charge in [-0.1, -0.05) is 18.1 Å². The van der Waals surface area contributed by atoms with Gasteiger partial charge in [0.25, 0.3) is 5.91 Å². The lowest BCUT2D eigenvalue weighted by atomic mass is 10.0. The van der Waals surface area contributed by atoms with Crippen LogP contribution in [0.5, 0.6) is 0 Å². The van der Waals surface area contributed by atoms with Crippen molar-refractivity contribution in [3.8, 4) is 11.8 Å². The number of carbonyl (C=O) groups excluding carboxylic acids is 1. The second kappa shape index (κ2) is 7.37. The third kappa shape index (κ3) is 3.62. The van der Waals surface area contributed by atoms with Gasteiger partial charge in [0.05, 0.1) is 6.20 Å². The van der Waals surface area contributed by atoms with Crippen LogP contribution < -0.4 is 5.32 Å². The van der Waals surface area contributed by atoms with Gasteiger partial charge in [0, 0.05) is 23.5 Å². The third-order valence-corrected chi connectivity index (χ3v) is 4.40. The molecule has 0 saturated heterocycles. The van der Waals surface area contributed by atoms with Crippen molar-refractivity contribution >= 4 is 17.4 Å². The third-order valence-electron chi connectivity index (χ3n) is 4.40. The van der Waals surface area contributed by atoms with Crippen molar-refractivity contribution < 1.29 is 4.79 Å². The molecule has 1 amide bonds. The lowest BCUT2D eigenvalue weighted by molar-refractivity contribution is 0.102. The van der Waals surface area contributed by atoms with Crippen LogP contribution >= 0.6 is 0 Å². The summed E-state index contributed by atoms with van der Waals surface area (Å²) in [6, 6.07) is 15.0. The smallest absolute Gasteiger partial charge is 0.256 e. The van der Waals surface area contributed by atoms with Gasteiger partial charge in [0.1, 0.15) is 17.2 Å².